The van der Waals surface area contributed by atoms with E-state index in [9.17, 15) is 10.2 Å². The fraction of sp³-hybridized carbons (Fsp3) is 1.00. The minimum absolute atomic E-state index is 0.0935. The second-order valence-corrected chi connectivity index (χ2v) is 4.85. The van der Waals surface area contributed by atoms with Crippen LogP contribution in [0, 0.1) is 23.7 Å². The quantitative estimate of drug-likeness (QED) is 0.561. The van der Waals surface area contributed by atoms with Crippen LogP contribution < -0.4 is 0 Å². The highest BCUT2D eigenvalue weighted by molar-refractivity contribution is 5.05. The van der Waals surface area contributed by atoms with Crippen LogP contribution in [0.1, 0.15) is 25.7 Å². The summed E-state index contributed by atoms with van der Waals surface area (Å²) < 4.78 is 0. The maximum absolute atomic E-state index is 9.73. The summed E-state index contributed by atoms with van der Waals surface area (Å²) in [5.74, 6) is 2.40. The maximum atomic E-state index is 9.73. The molecule has 2 nitrogen and oxygen atoms in total. The molecule has 0 aromatic heterocycles. The molecule has 0 spiro atoms. The number of hydrogen-bond donors (Lipinski definition) is 2. The highest BCUT2D eigenvalue weighted by Gasteiger charge is 2.56. The fourth-order valence-corrected chi connectivity index (χ4v) is 4.04. The third kappa shape index (κ3) is 0.728. The first-order valence-electron chi connectivity index (χ1n) is 5.13. The second kappa shape index (κ2) is 2.24. The van der Waals surface area contributed by atoms with Gasteiger partial charge in [0.05, 0.1) is 12.2 Å². The van der Waals surface area contributed by atoms with Gasteiger partial charge in [-0.15, -0.1) is 0 Å². The molecule has 0 aromatic carbocycles. The average molecular weight is 168 g/mol. The van der Waals surface area contributed by atoms with Crippen LogP contribution >= 0.6 is 0 Å². The zero-order chi connectivity index (χ0) is 8.29. The van der Waals surface area contributed by atoms with Gasteiger partial charge in [0.25, 0.3) is 0 Å². The molecule has 0 aromatic rings. The van der Waals surface area contributed by atoms with Crippen LogP contribution in [0.5, 0.6) is 0 Å². The third-order valence-electron chi connectivity index (χ3n) is 4.45. The van der Waals surface area contributed by atoms with Crippen LogP contribution in [0.2, 0.25) is 0 Å². The second-order valence-electron chi connectivity index (χ2n) is 4.85. The summed E-state index contributed by atoms with van der Waals surface area (Å²) in [6.07, 6.45) is 4.20. The van der Waals surface area contributed by atoms with Crippen LogP contribution in [0.15, 0.2) is 0 Å². The molecule has 0 aliphatic heterocycles. The van der Waals surface area contributed by atoms with E-state index in [0.29, 0.717) is 11.8 Å². The Morgan fingerprint density at radius 2 is 1.67 bits per heavy atom. The Kier molecular flexibility index (Phi) is 1.37. The van der Waals surface area contributed by atoms with Crippen molar-refractivity contribution in [1.82, 2.24) is 0 Å². The monoisotopic (exact) mass is 168 g/mol. The SMILES string of the molecule is OC1CCC2C1[C@H]1C[C@@H]2CC1O. The molecule has 0 radical (unpaired) electrons. The largest absolute Gasteiger partial charge is 0.393 e. The van der Waals surface area contributed by atoms with Gasteiger partial charge in [-0.1, -0.05) is 0 Å². The lowest BCUT2D eigenvalue weighted by Crippen LogP contribution is -2.33. The van der Waals surface area contributed by atoms with Crippen LogP contribution in [0.3, 0.4) is 0 Å². The van der Waals surface area contributed by atoms with E-state index >= 15 is 0 Å². The molecule has 3 fully saturated rings. The van der Waals surface area contributed by atoms with E-state index in [0.717, 1.165) is 24.7 Å². The normalized spacial score (nSPS) is 62.5. The number of rotatable bonds is 0. The van der Waals surface area contributed by atoms with E-state index in [2.05, 4.69) is 0 Å². The molecule has 3 rings (SSSR count). The molecular formula is C10H16O2. The van der Waals surface area contributed by atoms with E-state index in [1.54, 1.807) is 0 Å². The topological polar surface area (TPSA) is 40.5 Å². The summed E-state index contributed by atoms with van der Waals surface area (Å²) >= 11 is 0. The molecule has 3 aliphatic rings. The van der Waals surface area contributed by atoms with E-state index in [-0.39, 0.29) is 12.2 Å². The van der Waals surface area contributed by atoms with Crippen molar-refractivity contribution in [2.75, 3.05) is 0 Å². The predicted octanol–water partition coefficient (Wildman–Crippen LogP) is 0.774. The minimum Gasteiger partial charge on any atom is -0.393 e. The number of aliphatic hydroxyl groups is 2. The van der Waals surface area contributed by atoms with Gasteiger partial charge in [0.1, 0.15) is 0 Å². The molecular weight excluding hydrogens is 152 g/mol. The van der Waals surface area contributed by atoms with Gasteiger partial charge < -0.3 is 10.2 Å². The number of hydrogen-bond acceptors (Lipinski definition) is 2. The molecule has 2 bridgehead atoms. The number of aliphatic hydroxyl groups excluding tert-OH is 2. The lowest BCUT2D eigenvalue weighted by molar-refractivity contribution is 0.0142. The Balaban J connectivity index is 1.90. The minimum atomic E-state index is -0.0973. The average Bonchev–Trinajstić information content (AvgIpc) is 2.62. The van der Waals surface area contributed by atoms with Gasteiger partial charge in [-0.05, 0) is 49.4 Å². The van der Waals surface area contributed by atoms with Crippen molar-refractivity contribution in [3.63, 3.8) is 0 Å². The first kappa shape index (κ1) is 7.34. The van der Waals surface area contributed by atoms with Crippen LogP contribution in [0.25, 0.3) is 0 Å². The summed E-state index contributed by atoms with van der Waals surface area (Å²) in [5.41, 5.74) is 0. The van der Waals surface area contributed by atoms with E-state index in [1.165, 1.54) is 12.8 Å². The van der Waals surface area contributed by atoms with Gasteiger partial charge in [0.15, 0.2) is 0 Å². The highest BCUT2D eigenvalue weighted by atomic mass is 16.3. The summed E-state index contributed by atoms with van der Waals surface area (Å²) in [5, 5.41) is 19.4. The summed E-state index contributed by atoms with van der Waals surface area (Å²) in [6.45, 7) is 0. The first-order valence-corrected chi connectivity index (χ1v) is 5.13. The Labute approximate surface area is 72.6 Å². The van der Waals surface area contributed by atoms with Gasteiger partial charge in [0, 0.05) is 0 Å². The molecule has 0 amide bonds. The van der Waals surface area contributed by atoms with Gasteiger partial charge in [0.2, 0.25) is 0 Å². The van der Waals surface area contributed by atoms with Gasteiger partial charge in [-0.25, -0.2) is 0 Å². The van der Waals surface area contributed by atoms with Crippen molar-refractivity contribution < 1.29 is 10.2 Å². The van der Waals surface area contributed by atoms with Gasteiger partial charge in [-0.3, -0.25) is 0 Å². The van der Waals surface area contributed by atoms with Crippen molar-refractivity contribution in [2.24, 2.45) is 23.7 Å². The Morgan fingerprint density at radius 1 is 0.833 bits per heavy atom. The lowest BCUT2D eigenvalue weighted by atomic mass is 9.79. The Hall–Kier alpha value is -0.0800. The first-order chi connectivity index (χ1) is 5.77. The molecule has 4 unspecified atom stereocenters. The van der Waals surface area contributed by atoms with Crippen LogP contribution in [-0.4, -0.2) is 22.4 Å². The zero-order valence-electron chi connectivity index (χ0n) is 7.19. The maximum Gasteiger partial charge on any atom is 0.0575 e. The van der Waals surface area contributed by atoms with E-state index in [1.807, 2.05) is 0 Å². The van der Waals surface area contributed by atoms with Gasteiger partial charge >= 0.3 is 0 Å². The van der Waals surface area contributed by atoms with Gasteiger partial charge in [-0.2, -0.15) is 0 Å². The van der Waals surface area contributed by atoms with Crippen LogP contribution in [0.4, 0.5) is 0 Å². The molecule has 2 N–H and O–H groups in total. The molecule has 0 heterocycles. The van der Waals surface area contributed by atoms with Crippen LogP contribution in [-0.2, 0) is 0 Å². The molecule has 3 saturated carbocycles. The Bertz CT molecular complexity index is 204. The van der Waals surface area contributed by atoms with Crippen molar-refractivity contribution >= 4 is 0 Å². The molecule has 2 heteroatoms. The standard InChI is InChI=1S/C10H16O2/c11-8-2-1-6-5-3-7(10(6)8)9(12)4-5/h5-12H,1-4H2/t5-,6?,7+,8?,9?,10?/m1/s1. The smallest absolute Gasteiger partial charge is 0.0575 e. The summed E-state index contributed by atoms with van der Waals surface area (Å²) in [6, 6.07) is 0. The van der Waals surface area contributed by atoms with E-state index in [4.69, 9.17) is 0 Å². The molecule has 6 atom stereocenters. The summed E-state index contributed by atoms with van der Waals surface area (Å²) in [4.78, 5) is 0. The summed E-state index contributed by atoms with van der Waals surface area (Å²) in [7, 11) is 0. The Morgan fingerprint density at radius 3 is 2.50 bits per heavy atom. The zero-order valence-corrected chi connectivity index (χ0v) is 7.19. The van der Waals surface area contributed by atoms with E-state index < -0.39 is 0 Å². The molecule has 12 heavy (non-hydrogen) atoms. The lowest BCUT2D eigenvalue weighted by Gasteiger charge is -2.30. The molecule has 68 valence electrons. The number of fused-ring (bicyclic) bond motifs is 5. The fourth-order valence-electron chi connectivity index (χ4n) is 4.04. The molecule has 3 aliphatic carbocycles. The van der Waals surface area contributed by atoms with Crippen molar-refractivity contribution in [3.05, 3.63) is 0 Å². The third-order valence-corrected chi connectivity index (χ3v) is 4.45. The van der Waals surface area contributed by atoms with Crippen molar-refractivity contribution in [3.8, 4) is 0 Å². The predicted molar refractivity (Wildman–Crippen MR) is 44.4 cm³/mol. The molecule has 0 saturated heterocycles. The van der Waals surface area contributed by atoms with Crippen molar-refractivity contribution in [2.45, 2.75) is 37.9 Å². The highest BCUT2D eigenvalue weighted by Crippen LogP contribution is 2.58. The van der Waals surface area contributed by atoms with Crippen molar-refractivity contribution in [1.29, 1.82) is 0 Å².